The Balaban J connectivity index is 1.62. The second-order valence-electron chi connectivity index (χ2n) is 6.03. The number of aromatic nitrogens is 3. The minimum atomic E-state index is -0.552. The van der Waals surface area contributed by atoms with Gasteiger partial charge in [-0.15, -0.1) is 0 Å². The summed E-state index contributed by atoms with van der Waals surface area (Å²) < 4.78 is 27.2. The number of hydrogen-bond donors (Lipinski definition) is 2. The van der Waals surface area contributed by atoms with Crippen LogP contribution >= 0.6 is 0 Å². The first-order valence-electron chi connectivity index (χ1n) is 8.11. The van der Waals surface area contributed by atoms with Gasteiger partial charge >= 0.3 is 5.69 Å². The summed E-state index contributed by atoms with van der Waals surface area (Å²) in [6.07, 6.45) is 0.759. The molecule has 0 aliphatic carbocycles. The SMILES string of the molecule is CC[C@@H](c1ccc(F)cc1F)N1CCN(Cc2n[nH]c(=O)[nH]2)CC1. The molecule has 1 atom stereocenters. The molecule has 130 valence electrons. The molecule has 0 saturated carbocycles. The van der Waals surface area contributed by atoms with Crippen molar-refractivity contribution in [3.05, 3.63) is 51.7 Å². The Kier molecular flexibility index (Phi) is 5.06. The standard InChI is InChI=1S/C16H21F2N5O/c1-2-14(12-4-3-11(17)9-13(12)18)23-7-5-22(6-8-23)10-15-19-16(24)21-20-15/h3-4,9,14H,2,5-8,10H2,1H3,(H2,19,20,21,24)/t14-/m0/s1. The summed E-state index contributed by atoms with van der Waals surface area (Å²) in [6, 6.07) is 3.74. The van der Waals surface area contributed by atoms with E-state index in [4.69, 9.17) is 0 Å². The zero-order chi connectivity index (χ0) is 17.1. The van der Waals surface area contributed by atoms with E-state index in [9.17, 15) is 13.6 Å². The van der Waals surface area contributed by atoms with Crippen molar-refractivity contribution in [2.75, 3.05) is 26.2 Å². The largest absolute Gasteiger partial charge is 0.340 e. The van der Waals surface area contributed by atoms with Crippen LogP contribution < -0.4 is 5.69 Å². The Hall–Kier alpha value is -2.06. The molecule has 0 unspecified atom stereocenters. The molecule has 3 rings (SSSR count). The van der Waals surface area contributed by atoms with Crippen molar-refractivity contribution in [1.29, 1.82) is 0 Å². The van der Waals surface area contributed by atoms with Crippen molar-refractivity contribution in [3.8, 4) is 0 Å². The molecule has 0 amide bonds. The molecule has 6 nitrogen and oxygen atoms in total. The zero-order valence-electron chi connectivity index (χ0n) is 13.6. The highest BCUT2D eigenvalue weighted by Gasteiger charge is 2.26. The quantitative estimate of drug-likeness (QED) is 0.870. The first-order chi connectivity index (χ1) is 11.6. The molecule has 1 aliphatic rings. The van der Waals surface area contributed by atoms with Gasteiger partial charge in [0.05, 0.1) is 6.54 Å². The molecular weight excluding hydrogens is 316 g/mol. The normalized spacial score (nSPS) is 18.0. The lowest BCUT2D eigenvalue weighted by molar-refractivity contribution is 0.0867. The molecule has 0 bridgehead atoms. The third-order valence-electron chi connectivity index (χ3n) is 4.48. The average Bonchev–Trinajstić information content (AvgIpc) is 2.96. The van der Waals surface area contributed by atoms with Gasteiger partial charge in [-0.05, 0) is 12.5 Å². The van der Waals surface area contributed by atoms with Crippen LogP contribution in [0.15, 0.2) is 23.0 Å². The van der Waals surface area contributed by atoms with E-state index in [1.54, 1.807) is 6.07 Å². The molecule has 24 heavy (non-hydrogen) atoms. The molecule has 1 fully saturated rings. The molecule has 1 aromatic heterocycles. The third kappa shape index (κ3) is 3.70. The van der Waals surface area contributed by atoms with Gasteiger partial charge in [0.2, 0.25) is 0 Å². The van der Waals surface area contributed by atoms with Crippen molar-refractivity contribution in [1.82, 2.24) is 25.0 Å². The fourth-order valence-corrected chi connectivity index (χ4v) is 3.27. The molecule has 1 aliphatic heterocycles. The number of benzene rings is 1. The Labute approximate surface area is 138 Å². The number of H-pyrrole nitrogens is 2. The van der Waals surface area contributed by atoms with Crippen LogP contribution in [-0.2, 0) is 6.54 Å². The summed E-state index contributed by atoms with van der Waals surface area (Å²) in [5, 5.41) is 6.27. The second kappa shape index (κ2) is 7.23. The molecule has 2 aromatic rings. The second-order valence-corrected chi connectivity index (χ2v) is 6.03. The highest BCUT2D eigenvalue weighted by molar-refractivity contribution is 5.22. The summed E-state index contributed by atoms with van der Waals surface area (Å²) in [4.78, 5) is 18.1. The van der Waals surface area contributed by atoms with Crippen molar-refractivity contribution in [2.24, 2.45) is 0 Å². The van der Waals surface area contributed by atoms with Crippen LogP contribution in [0.4, 0.5) is 8.78 Å². The van der Waals surface area contributed by atoms with E-state index in [-0.39, 0.29) is 11.7 Å². The van der Waals surface area contributed by atoms with Crippen LogP contribution in [0.25, 0.3) is 0 Å². The van der Waals surface area contributed by atoms with E-state index in [2.05, 4.69) is 25.0 Å². The van der Waals surface area contributed by atoms with E-state index in [1.807, 2.05) is 6.92 Å². The summed E-state index contributed by atoms with van der Waals surface area (Å²) in [5.74, 6) is -0.424. The van der Waals surface area contributed by atoms with Crippen molar-refractivity contribution >= 4 is 0 Å². The minimum Gasteiger partial charge on any atom is -0.294 e. The molecule has 2 heterocycles. The molecule has 1 aromatic carbocycles. The number of rotatable bonds is 5. The van der Waals surface area contributed by atoms with Crippen LogP contribution in [0.3, 0.4) is 0 Å². The summed E-state index contributed by atoms with van der Waals surface area (Å²) in [5.41, 5.74) is 0.241. The van der Waals surface area contributed by atoms with Crippen molar-refractivity contribution in [3.63, 3.8) is 0 Å². The van der Waals surface area contributed by atoms with Gasteiger partial charge in [-0.2, -0.15) is 5.10 Å². The molecule has 2 N–H and O–H groups in total. The first kappa shape index (κ1) is 16.8. The maximum absolute atomic E-state index is 14.1. The van der Waals surface area contributed by atoms with Gasteiger partial charge in [0, 0.05) is 43.9 Å². The lowest BCUT2D eigenvalue weighted by Gasteiger charge is -2.39. The van der Waals surface area contributed by atoms with Gasteiger partial charge in [-0.1, -0.05) is 13.0 Å². The van der Waals surface area contributed by atoms with E-state index < -0.39 is 11.6 Å². The monoisotopic (exact) mass is 337 g/mol. The number of hydrogen-bond acceptors (Lipinski definition) is 4. The highest BCUT2D eigenvalue weighted by Crippen LogP contribution is 2.28. The maximum atomic E-state index is 14.1. The lowest BCUT2D eigenvalue weighted by atomic mass is 10.0. The van der Waals surface area contributed by atoms with Gasteiger partial charge in [0.15, 0.2) is 0 Å². The van der Waals surface area contributed by atoms with E-state index in [1.165, 1.54) is 6.07 Å². The first-order valence-corrected chi connectivity index (χ1v) is 8.11. The average molecular weight is 337 g/mol. The number of piperazine rings is 1. The Bertz CT molecular complexity index is 736. The smallest absolute Gasteiger partial charge is 0.294 e. The fraction of sp³-hybridized carbons (Fsp3) is 0.500. The number of aromatic amines is 2. The summed E-state index contributed by atoms with van der Waals surface area (Å²) >= 11 is 0. The van der Waals surface area contributed by atoms with Gasteiger partial charge < -0.3 is 0 Å². The Morgan fingerprint density at radius 1 is 1.25 bits per heavy atom. The highest BCUT2D eigenvalue weighted by atomic mass is 19.1. The topological polar surface area (TPSA) is 68.0 Å². The van der Waals surface area contributed by atoms with Crippen molar-refractivity contribution in [2.45, 2.75) is 25.9 Å². The van der Waals surface area contributed by atoms with Gasteiger partial charge in [0.1, 0.15) is 17.5 Å². The van der Waals surface area contributed by atoms with Gasteiger partial charge in [0.25, 0.3) is 0 Å². The Morgan fingerprint density at radius 2 is 2.00 bits per heavy atom. The van der Waals surface area contributed by atoms with E-state index in [0.29, 0.717) is 17.9 Å². The van der Waals surface area contributed by atoms with E-state index >= 15 is 0 Å². The number of nitrogens with one attached hydrogen (secondary N) is 2. The zero-order valence-corrected chi connectivity index (χ0v) is 13.6. The van der Waals surface area contributed by atoms with Crippen LogP contribution in [-0.4, -0.2) is 51.2 Å². The predicted molar refractivity (Wildman–Crippen MR) is 85.4 cm³/mol. The molecule has 0 spiro atoms. The lowest BCUT2D eigenvalue weighted by Crippen LogP contribution is -2.47. The number of nitrogens with zero attached hydrogens (tertiary/aromatic N) is 3. The van der Waals surface area contributed by atoms with Gasteiger partial charge in [-0.25, -0.2) is 18.7 Å². The third-order valence-corrected chi connectivity index (χ3v) is 4.48. The summed E-state index contributed by atoms with van der Waals surface area (Å²) in [7, 11) is 0. The van der Waals surface area contributed by atoms with Crippen LogP contribution in [0, 0.1) is 11.6 Å². The molecule has 1 saturated heterocycles. The van der Waals surface area contributed by atoms with Crippen LogP contribution in [0.2, 0.25) is 0 Å². The van der Waals surface area contributed by atoms with Crippen molar-refractivity contribution < 1.29 is 8.78 Å². The van der Waals surface area contributed by atoms with Crippen LogP contribution in [0.1, 0.15) is 30.8 Å². The summed E-state index contributed by atoms with van der Waals surface area (Å²) in [6.45, 7) is 5.75. The Morgan fingerprint density at radius 3 is 2.58 bits per heavy atom. The maximum Gasteiger partial charge on any atom is 0.340 e. The molecule has 8 heteroatoms. The number of halogens is 2. The van der Waals surface area contributed by atoms with Crippen LogP contribution in [0.5, 0.6) is 0 Å². The van der Waals surface area contributed by atoms with E-state index in [0.717, 1.165) is 38.7 Å². The molecule has 0 radical (unpaired) electrons. The predicted octanol–water partition coefficient (Wildman–Crippen LogP) is 1.65. The fourth-order valence-electron chi connectivity index (χ4n) is 3.27. The molecular formula is C16H21F2N5O. The van der Waals surface area contributed by atoms with Gasteiger partial charge in [-0.3, -0.25) is 14.8 Å². The minimum absolute atomic E-state index is 0.0575.